The van der Waals surface area contributed by atoms with Crippen molar-refractivity contribution in [1.29, 1.82) is 0 Å². The van der Waals surface area contributed by atoms with Crippen molar-refractivity contribution in [2.75, 3.05) is 81.3 Å². The van der Waals surface area contributed by atoms with E-state index in [2.05, 4.69) is 55.8 Å². The van der Waals surface area contributed by atoms with Crippen LogP contribution < -0.4 is 63.0 Å². The van der Waals surface area contributed by atoms with E-state index in [4.69, 9.17) is 69.3 Å². The van der Waals surface area contributed by atoms with Crippen LogP contribution in [0, 0.1) is 34.6 Å². The van der Waals surface area contributed by atoms with Gasteiger partial charge in [0.1, 0.15) is 49.4 Å². The third-order valence-electron chi connectivity index (χ3n) is 15.0. The smallest absolute Gasteiger partial charge is 1.00 e. The number of hydrogen-bond donors (Lipinski definition) is 4. The zero-order valence-electron chi connectivity index (χ0n) is 71.8. The number of benzene rings is 4. The molecule has 5 aromatic heterocycles. The van der Waals surface area contributed by atoms with E-state index in [-0.39, 0.29) is 111 Å². The normalized spacial score (nSPS) is 11.0. The third kappa shape index (κ3) is 44.4. The minimum atomic E-state index is -1.67. The van der Waals surface area contributed by atoms with Gasteiger partial charge in [-0.25, -0.2) is 33.5 Å². The number of aryl methyl sites for hydroxylation is 5. The van der Waals surface area contributed by atoms with Gasteiger partial charge in [-0.1, -0.05) is 121 Å². The molecule has 2 aliphatic heterocycles. The number of aliphatic hydroxyl groups is 1. The van der Waals surface area contributed by atoms with Gasteiger partial charge < -0.3 is 83.2 Å². The molecule has 7 heterocycles. The number of carbonyl (C=O) groups excluding carboxylic acids is 4. The van der Waals surface area contributed by atoms with Crippen LogP contribution in [0.25, 0.3) is 0 Å². The predicted octanol–water partition coefficient (Wildman–Crippen LogP) is 12.9. The molecule has 4 aromatic carbocycles. The molecule has 2 fully saturated rings. The Hall–Kier alpha value is -9.53. The van der Waals surface area contributed by atoms with Crippen LogP contribution in [0.3, 0.4) is 0 Å². The van der Waals surface area contributed by atoms with Gasteiger partial charge in [-0.2, -0.15) is 0 Å². The van der Waals surface area contributed by atoms with Gasteiger partial charge in [0.05, 0.1) is 79.9 Å². The standard InChI is InChI=1S/C17H19NO4.C16H17NO4.C15H16ClNO2.C15H17NO3.C9H11NO4.C4H8O2.2C4H8O.CH3F.Al.Cl2OS.Li.H/c1-4-21-17(19)15-14(20-3)10-12(2)18-16(15)22-11-13-8-6-5-7-9-13;1-3-20-16(19)14-13(18)9-11(2)17-15(14)21-10-12-7-5-4-6-8-12;1-11-8-14(18-2)13(9-16)15(17-11)19-10-12-6-4-3-5-7-12;1-11-8-14(18-2)13(9-17)15(16-11)19-10-12-6-4-3-5-7-12;1-3-14-9(13)7-6(11)4-5(2)10-8(7)12;1-3-6-4(2)5;2*1-2-4-5-3-1;1-2;;1-4(2)3;;/h5-10H,4,11H2,1-3H3;4-9H,3,10H2,1-2H3,(H,17,18);3-8H,9-10H2,1-2H3;3-8,17H,9-10H2,1-2H3;4H,3H2,1-2H3,(H2,10,11,12);3H2,1-2H3;2*1-4H2;1H3;;;;/q;;;;;;;;;;;+1;-1/i;;;;;;;;1D;;;;. The van der Waals surface area contributed by atoms with Crippen LogP contribution in [0.15, 0.2) is 161 Å². The number of H-pyrrole nitrogens is 2. The van der Waals surface area contributed by atoms with Gasteiger partial charge in [0.25, 0.3) is 5.56 Å². The molecule has 9 aromatic rings. The Bertz CT molecular complexity index is 4410. The number of aromatic nitrogens is 5. The van der Waals surface area contributed by atoms with Crippen molar-refractivity contribution in [1.82, 2.24) is 24.9 Å². The minimum Gasteiger partial charge on any atom is -1.00 e. The van der Waals surface area contributed by atoms with Gasteiger partial charge in [-0.15, -0.1) is 11.6 Å². The third-order valence-corrected chi connectivity index (χ3v) is 15.2. The fraction of sp³-hybridized carbons (Fsp3) is 0.376. The molecule has 11 rings (SSSR count). The van der Waals surface area contributed by atoms with Crippen molar-refractivity contribution in [3.05, 3.63) is 251 Å². The average Bonchev–Trinajstić information content (AvgIpc) is 1.09. The number of aromatic hydroxyl groups is 1. The summed E-state index contributed by atoms with van der Waals surface area (Å²) in [7, 11) is 11.0. The largest absolute Gasteiger partial charge is 1.00 e. The number of nitrogens with zero attached hydrogens (tertiary/aromatic N) is 3. The number of carbonyl (C=O) groups is 4. The summed E-state index contributed by atoms with van der Waals surface area (Å²) < 4.78 is 92.0. The van der Waals surface area contributed by atoms with Crippen LogP contribution in [0.2, 0.25) is 0 Å². The summed E-state index contributed by atoms with van der Waals surface area (Å²) in [4.78, 5) is 86.6. The second-order valence-corrected chi connectivity index (χ2v) is 26.8. The number of aliphatic hydroxyl groups excluding tert-OH is 1. The van der Waals surface area contributed by atoms with Crippen molar-refractivity contribution < 1.29 is 121 Å². The number of ether oxygens (including phenoxy) is 13. The maximum absolute atomic E-state index is 12.1. The van der Waals surface area contributed by atoms with Gasteiger partial charge in [0, 0.05) is 131 Å². The van der Waals surface area contributed by atoms with Crippen molar-refractivity contribution in [3.8, 4) is 46.5 Å². The van der Waals surface area contributed by atoms with E-state index in [1.165, 1.54) is 51.8 Å². The summed E-state index contributed by atoms with van der Waals surface area (Å²) >= 11 is 5.95. The Kier molecular flexibility index (Phi) is 59.0. The summed E-state index contributed by atoms with van der Waals surface area (Å²) in [5, 5.41) is 18.8. The van der Waals surface area contributed by atoms with Crippen LogP contribution in [0.1, 0.15) is 156 Å². The van der Waals surface area contributed by atoms with Gasteiger partial charge in [0.2, 0.25) is 32.7 Å². The first-order valence-electron chi connectivity index (χ1n) is 37.5. The topological polar surface area (TPSA) is 350 Å². The van der Waals surface area contributed by atoms with E-state index < -0.39 is 45.3 Å². The van der Waals surface area contributed by atoms with Gasteiger partial charge >= 0.3 is 42.7 Å². The second kappa shape index (κ2) is 65.3. The van der Waals surface area contributed by atoms with E-state index in [1.54, 1.807) is 67.9 Å². The van der Waals surface area contributed by atoms with Crippen LogP contribution >= 0.6 is 33.0 Å². The Balaban J connectivity index is 0. The number of halogens is 4. The molecule has 0 unspecified atom stereocenters. The van der Waals surface area contributed by atoms with Crippen LogP contribution in [-0.4, -0.2) is 162 Å². The maximum Gasteiger partial charge on any atom is 1.00 e. The van der Waals surface area contributed by atoms with E-state index in [0.29, 0.717) is 84.0 Å². The number of methoxy groups -OCH3 is 3. The fourth-order valence-corrected chi connectivity index (χ4v) is 10.0. The predicted molar refractivity (Wildman–Crippen MR) is 454 cm³/mol. The number of pyridine rings is 5. The van der Waals surface area contributed by atoms with E-state index in [9.17, 15) is 43.4 Å². The molecule has 34 heteroatoms. The maximum atomic E-state index is 12.1. The molecule has 0 atom stereocenters. The summed E-state index contributed by atoms with van der Waals surface area (Å²) in [6.07, 6.45) is 5.11. The monoisotopic (exact) mass is 1740 g/mol. The minimum absolute atomic E-state index is 0. The molecule has 27 nitrogen and oxygen atoms in total. The fourth-order valence-electron chi connectivity index (χ4n) is 9.79. The quantitative estimate of drug-likeness (QED) is 0.0143. The molecule has 0 aliphatic carbocycles. The SMILES string of the molecule is C1CCOC1.C1CCOC1.CCOC(=O)c1c(O)cc(C)[nH]c1=O.CCOC(=O)c1c(OC)cc(C)nc1OCc1ccccc1.CCOC(=O)c1c(OCc2ccccc2)[nH]c(C)cc1=O.CCOC(C)=O.COc1cc(C)nc(OCc2ccccc2)c1CCl.COc1cc(C)nc(OCc2ccccc2)c1CO.O=S(Cl)Cl.[2H]CF.[Al].[H-].[Li+]. The zero-order valence-corrected chi connectivity index (χ0v) is 74.0. The zero-order chi connectivity index (χ0) is 87.6. The van der Waals surface area contributed by atoms with E-state index in [1.807, 2.05) is 148 Å². The molecule has 119 heavy (non-hydrogen) atoms. The molecule has 643 valence electrons. The first-order valence-corrected chi connectivity index (χ1v) is 40.1. The van der Waals surface area contributed by atoms with Gasteiger partial charge in [0.15, 0.2) is 22.1 Å². The number of esters is 4. The van der Waals surface area contributed by atoms with Crippen molar-refractivity contribution >= 4 is 83.4 Å². The summed E-state index contributed by atoms with van der Waals surface area (Å²) in [5.74, 6) is 0.767. The molecule has 0 bridgehead atoms. The number of rotatable bonds is 24. The molecule has 2 saturated heterocycles. The summed E-state index contributed by atoms with van der Waals surface area (Å²) in [5.41, 5.74) is 7.58. The Morgan fingerprint density at radius 3 is 1.18 bits per heavy atom. The molecular weight excluding hydrogens is 1630 g/mol. The summed E-state index contributed by atoms with van der Waals surface area (Å²) in [6.45, 7) is 23.5. The number of aromatic amines is 2. The average molecular weight is 1740 g/mol. The molecular formula is C85H108AlCl3FLiN5O22S. The first-order chi connectivity index (χ1) is 56.7. The number of hydrogen-bond acceptors (Lipinski definition) is 25. The van der Waals surface area contributed by atoms with Crippen molar-refractivity contribution in [2.45, 2.75) is 134 Å². The van der Waals surface area contributed by atoms with Crippen LogP contribution in [0.4, 0.5) is 4.39 Å². The Morgan fingerprint density at radius 2 is 0.849 bits per heavy atom. The summed E-state index contributed by atoms with van der Waals surface area (Å²) in [6, 6.07) is 46.9. The van der Waals surface area contributed by atoms with Gasteiger partial charge in [-0.3, -0.25) is 18.8 Å². The molecule has 0 amide bonds. The molecule has 4 N–H and O–H groups in total. The van der Waals surface area contributed by atoms with Crippen LogP contribution in [-0.2, 0) is 81.4 Å². The number of alkyl halides is 2. The number of nitrogens with one attached hydrogen (secondary N) is 2. The van der Waals surface area contributed by atoms with E-state index in [0.717, 1.165) is 65.6 Å². The van der Waals surface area contributed by atoms with Crippen molar-refractivity contribution in [3.63, 3.8) is 0 Å². The van der Waals surface area contributed by atoms with Gasteiger partial charge in [-0.05, 0) is 110 Å². The molecule has 3 radical (unpaired) electrons. The van der Waals surface area contributed by atoms with E-state index >= 15 is 0 Å². The van der Waals surface area contributed by atoms with Crippen LogP contribution in [0.5, 0.6) is 46.5 Å². The van der Waals surface area contributed by atoms with Crippen molar-refractivity contribution in [2.24, 2.45) is 0 Å². The molecule has 2 aliphatic rings. The Morgan fingerprint density at radius 1 is 0.521 bits per heavy atom. The molecule has 0 saturated carbocycles. The first kappa shape index (κ1) is 107. The Labute approximate surface area is 737 Å². The second-order valence-electron chi connectivity index (χ2n) is 24.0. The molecule has 0 spiro atoms.